The van der Waals surface area contributed by atoms with Gasteiger partial charge in [-0.1, -0.05) is 48.9 Å². The maximum absolute atomic E-state index is 14.2. The molecule has 7 nitrogen and oxygen atoms in total. The zero-order valence-electron chi connectivity index (χ0n) is 20.1. The molecule has 2 N–H and O–H groups in total. The molecule has 0 radical (unpaired) electrons. The molecular formula is C27H29ClN2O5S. The fraction of sp³-hybridized carbons (Fsp3) is 0.444. The number of aliphatic hydroxyl groups excluding tert-OH is 1. The van der Waals surface area contributed by atoms with E-state index in [-0.39, 0.29) is 42.2 Å². The number of anilines is 1. The van der Waals surface area contributed by atoms with Crippen molar-refractivity contribution in [3.05, 3.63) is 65.2 Å². The van der Waals surface area contributed by atoms with E-state index in [4.69, 9.17) is 16.3 Å². The van der Waals surface area contributed by atoms with Crippen LogP contribution in [-0.4, -0.2) is 57.0 Å². The number of ether oxygens (including phenoxy) is 1. The molecule has 2 amide bonds. The number of benzene rings is 2. The number of halogens is 1. The summed E-state index contributed by atoms with van der Waals surface area (Å²) in [6, 6.07) is 14.4. The quantitative estimate of drug-likeness (QED) is 0.529. The molecule has 36 heavy (non-hydrogen) atoms. The molecule has 9 heteroatoms. The average Bonchev–Trinajstić information content (AvgIpc) is 3.46. The minimum Gasteiger partial charge on any atom is -0.466 e. The monoisotopic (exact) mass is 528 g/mol. The summed E-state index contributed by atoms with van der Waals surface area (Å²) in [5.41, 5.74) is 1.29. The smallest absolute Gasteiger partial charge is 0.310 e. The fourth-order valence-corrected chi connectivity index (χ4v) is 8.90. The molecule has 2 aromatic rings. The van der Waals surface area contributed by atoms with Crippen molar-refractivity contribution >= 4 is 46.8 Å². The number of likely N-dealkylation sites (tertiary alicyclic amines) is 1. The number of fused-ring (bicyclic) bond motifs is 1. The summed E-state index contributed by atoms with van der Waals surface area (Å²) >= 11 is 7.59. The Labute approximate surface area is 219 Å². The number of nitrogens with one attached hydrogen (secondary N) is 1. The number of esters is 1. The SMILES string of the molecule is CCOC(=O)[C@@H]1[C@H]2C(=O)N([C@H](CO)c3ccccc3)C(C(=O)Nc3ccc(Cl)cc3)C23S[C@@H]1CC3C. The summed E-state index contributed by atoms with van der Waals surface area (Å²) in [6.45, 7) is 3.68. The average molecular weight is 529 g/mol. The van der Waals surface area contributed by atoms with E-state index >= 15 is 0 Å². The van der Waals surface area contributed by atoms with Crippen molar-refractivity contribution in [1.82, 2.24) is 4.90 Å². The molecule has 3 fully saturated rings. The molecule has 1 spiro atoms. The van der Waals surface area contributed by atoms with E-state index < -0.39 is 28.7 Å². The molecule has 0 saturated carbocycles. The van der Waals surface area contributed by atoms with Crippen LogP contribution in [0, 0.1) is 17.8 Å². The number of hydrogen-bond donors (Lipinski definition) is 2. The van der Waals surface area contributed by atoms with Crippen LogP contribution in [0.3, 0.4) is 0 Å². The van der Waals surface area contributed by atoms with E-state index in [1.165, 1.54) is 4.90 Å². The van der Waals surface area contributed by atoms with E-state index in [1.807, 2.05) is 30.3 Å². The van der Waals surface area contributed by atoms with Gasteiger partial charge in [0, 0.05) is 16.0 Å². The highest BCUT2D eigenvalue weighted by atomic mass is 35.5. The van der Waals surface area contributed by atoms with Crippen molar-refractivity contribution in [1.29, 1.82) is 0 Å². The van der Waals surface area contributed by atoms with Crippen LogP contribution in [0.4, 0.5) is 5.69 Å². The number of amides is 2. The van der Waals surface area contributed by atoms with Gasteiger partial charge in [0.05, 0.1) is 35.8 Å². The molecule has 190 valence electrons. The van der Waals surface area contributed by atoms with Crippen LogP contribution in [0.1, 0.15) is 31.9 Å². The van der Waals surface area contributed by atoms with Gasteiger partial charge in [0.2, 0.25) is 11.8 Å². The Bertz CT molecular complexity index is 1160. The van der Waals surface area contributed by atoms with Crippen LogP contribution in [0.25, 0.3) is 0 Å². The maximum atomic E-state index is 14.2. The minimum absolute atomic E-state index is 0.00760. The zero-order chi connectivity index (χ0) is 25.6. The largest absolute Gasteiger partial charge is 0.466 e. The van der Waals surface area contributed by atoms with Gasteiger partial charge < -0.3 is 20.1 Å². The first-order chi connectivity index (χ1) is 17.3. The first-order valence-corrected chi connectivity index (χ1v) is 13.5. The van der Waals surface area contributed by atoms with Crippen molar-refractivity contribution < 1.29 is 24.2 Å². The van der Waals surface area contributed by atoms with Crippen LogP contribution in [0.15, 0.2) is 54.6 Å². The lowest BCUT2D eigenvalue weighted by Gasteiger charge is -2.40. The van der Waals surface area contributed by atoms with Gasteiger partial charge in [-0.05, 0) is 49.1 Å². The number of nitrogens with zero attached hydrogens (tertiary/aromatic N) is 1. The normalized spacial score (nSPS) is 31.3. The number of thioether (sulfide) groups is 1. The van der Waals surface area contributed by atoms with Gasteiger partial charge in [-0.3, -0.25) is 14.4 Å². The number of carbonyl (C=O) groups is 3. The first-order valence-electron chi connectivity index (χ1n) is 12.2. The molecule has 2 bridgehead atoms. The zero-order valence-corrected chi connectivity index (χ0v) is 21.7. The molecule has 5 rings (SSSR count). The lowest BCUT2D eigenvalue weighted by molar-refractivity contribution is -0.154. The van der Waals surface area contributed by atoms with E-state index in [9.17, 15) is 19.5 Å². The predicted molar refractivity (Wildman–Crippen MR) is 138 cm³/mol. The Hall–Kier alpha value is -2.55. The lowest BCUT2D eigenvalue weighted by atomic mass is 9.66. The number of rotatable bonds is 7. The summed E-state index contributed by atoms with van der Waals surface area (Å²) in [7, 11) is 0. The van der Waals surface area contributed by atoms with Crippen molar-refractivity contribution in [2.24, 2.45) is 17.8 Å². The molecule has 0 aromatic heterocycles. The van der Waals surface area contributed by atoms with E-state index in [0.29, 0.717) is 17.1 Å². The Morgan fingerprint density at radius 1 is 1.22 bits per heavy atom. The van der Waals surface area contributed by atoms with Gasteiger partial charge in [-0.25, -0.2) is 0 Å². The molecular weight excluding hydrogens is 500 g/mol. The van der Waals surface area contributed by atoms with E-state index in [0.717, 1.165) is 5.56 Å². The molecule has 0 aliphatic carbocycles. The van der Waals surface area contributed by atoms with Crippen LogP contribution >= 0.6 is 23.4 Å². The molecule has 3 heterocycles. The second-order valence-corrected chi connectivity index (χ2v) is 11.6. The third-order valence-corrected chi connectivity index (χ3v) is 10.1. The number of hydrogen-bond acceptors (Lipinski definition) is 6. The standard InChI is InChI=1S/C27H29ClN2O5S/c1-3-35-26(34)21-20-13-15(2)27(36-20)22(21)25(33)30(19(14-31)16-7-5-4-6-8-16)23(27)24(32)29-18-11-9-17(28)10-12-18/h4-12,15,19-23,31H,3,13-14H2,1-2H3,(H,29,32)/t15?,19-,20-,21+,22+,23?,27?/m1/s1. The molecule has 2 aromatic carbocycles. The van der Waals surface area contributed by atoms with Gasteiger partial charge >= 0.3 is 5.97 Å². The van der Waals surface area contributed by atoms with Crippen LogP contribution in [0.5, 0.6) is 0 Å². The molecule has 3 aliphatic heterocycles. The van der Waals surface area contributed by atoms with Crippen molar-refractivity contribution in [3.8, 4) is 0 Å². The second-order valence-electron chi connectivity index (χ2n) is 9.66. The van der Waals surface area contributed by atoms with Gasteiger partial charge in [0.15, 0.2) is 0 Å². The molecule has 3 saturated heterocycles. The third-order valence-electron chi connectivity index (χ3n) is 7.80. The Kier molecular flexibility index (Phi) is 6.78. The van der Waals surface area contributed by atoms with Crippen molar-refractivity contribution in [3.63, 3.8) is 0 Å². The van der Waals surface area contributed by atoms with Crippen LogP contribution in [0.2, 0.25) is 5.02 Å². The van der Waals surface area contributed by atoms with Gasteiger partial charge in [0.25, 0.3) is 0 Å². The molecule has 3 unspecified atom stereocenters. The third kappa shape index (κ3) is 3.81. The van der Waals surface area contributed by atoms with Gasteiger partial charge in [-0.15, -0.1) is 11.8 Å². The summed E-state index contributed by atoms with van der Waals surface area (Å²) in [6.07, 6.45) is 0.714. The highest BCUT2D eigenvalue weighted by Crippen LogP contribution is 2.69. The van der Waals surface area contributed by atoms with E-state index in [1.54, 1.807) is 43.0 Å². The number of aliphatic hydroxyl groups is 1. The van der Waals surface area contributed by atoms with Crippen molar-refractivity contribution in [2.75, 3.05) is 18.5 Å². The highest BCUT2D eigenvalue weighted by molar-refractivity contribution is 8.02. The van der Waals surface area contributed by atoms with Crippen LogP contribution < -0.4 is 5.32 Å². The number of carbonyl (C=O) groups excluding carboxylic acids is 3. The minimum atomic E-state index is -0.882. The Morgan fingerprint density at radius 3 is 2.56 bits per heavy atom. The first kappa shape index (κ1) is 25.1. The summed E-state index contributed by atoms with van der Waals surface area (Å²) in [5, 5.41) is 13.9. The Morgan fingerprint density at radius 2 is 1.92 bits per heavy atom. The van der Waals surface area contributed by atoms with Gasteiger partial charge in [0.1, 0.15) is 6.04 Å². The summed E-state index contributed by atoms with van der Waals surface area (Å²) in [4.78, 5) is 42.9. The predicted octanol–water partition coefficient (Wildman–Crippen LogP) is 3.91. The summed E-state index contributed by atoms with van der Waals surface area (Å²) < 4.78 is 4.58. The van der Waals surface area contributed by atoms with E-state index in [2.05, 4.69) is 12.2 Å². The summed E-state index contributed by atoms with van der Waals surface area (Å²) in [5.74, 6) is -2.33. The lowest BCUT2D eigenvalue weighted by Crippen LogP contribution is -2.55. The highest BCUT2D eigenvalue weighted by Gasteiger charge is 2.77. The maximum Gasteiger partial charge on any atom is 0.310 e. The van der Waals surface area contributed by atoms with Gasteiger partial charge in [-0.2, -0.15) is 0 Å². The molecule has 7 atom stereocenters. The second kappa shape index (κ2) is 9.72. The molecule has 3 aliphatic rings. The fourth-order valence-electron chi connectivity index (χ4n) is 6.37. The van der Waals surface area contributed by atoms with Crippen molar-refractivity contribution in [2.45, 2.75) is 42.3 Å². The topological polar surface area (TPSA) is 95.9 Å². The Balaban J connectivity index is 1.61. The van der Waals surface area contributed by atoms with Crippen LogP contribution in [-0.2, 0) is 19.1 Å².